The average Bonchev–Trinajstić information content (AvgIpc) is 3.15. The molecule has 0 spiro atoms. The topological polar surface area (TPSA) is 77.8 Å². The van der Waals surface area contributed by atoms with Crippen LogP contribution in [-0.4, -0.2) is 27.4 Å². The highest BCUT2D eigenvalue weighted by atomic mass is 16.5. The van der Waals surface area contributed by atoms with Gasteiger partial charge in [-0.1, -0.05) is 6.07 Å². The van der Waals surface area contributed by atoms with Gasteiger partial charge in [0.05, 0.1) is 24.7 Å². The standard InChI is InChI=1S/C22H20N4O3/c1-15-3-9-20-24-18(13-26(20)12-15)14-29-19-7-4-16(5-8-19)22(27)25-17-6-10-21(28-2)23-11-17/h3-13H,14H2,1-2H3,(H,25,27). The Kier molecular flexibility index (Phi) is 5.11. The summed E-state index contributed by atoms with van der Waals surface area (Å²) >= 11 is 0. The molecule has 0 fully saturated rings. The maximum atomic E-state index is 12.4. The molecule has 1 amide bonds. The van der Waals surface area contributed by atoms with Gasteiger partial charge in [0.1, 0.15) is 18.0 Å². The molecule has 1 N–H and O–H groups in total. The Morgan fingerprint density at radius 3 is 2.62 bits per heavy atom. The van der Waals surface area contributed by atoms with Gasteiger partial charge in [-0.15, -0.1) is 0 Å². The predicted octanol–water partition coefficient (Wildman–Crippen LogP) is 3.88. The molecule has 146 valence electrons. The van der Waals surface area contributed by atoms with E-state index in [1.165, 1.54) is 5.56 Å². The molecule has 4 aromatic rings. The molecule has 29 heavy (non-hydrogen) atoms. The average molecular weight is 388 g/mol. The van der Waals surface area contributed by atoms with Gasteiger partial charge in [0, 0.05) is 24.0 Å². The Labute approximate surface area is 168 Å². The Balaban J connectivity index is 1.36. The summed E-state index contributed by atoms with van der Waals surface area (Å²) in [6.07, 6.45) is 5.52. The van der Waals surface area contributed by atoms with Crippen LogP contribution in [0.25, 0.3) is 5.65 Å². The van der Waals surface area contributed by atoms with Crippen molar-refractivity contribution in [2.24, 2.45) is 0 Å². The van der Waals surface area contributed by atoms with Crippen LogP contribution in [0.1, 0.15) is 21.6 Å². The maximum Gasteiger partial charge on any atom is 0.255 e. The third kappa shape index (κ3) is 4.35. The number of aromatic nitrogens is 3. The second-order valence-electron chi connectivity index (χ2n) is 6.56. The number of pyridine rings is 2. The Hall–Kier alpha value is -3.87. The number of benzene rings is 1. The molecule has 0 aliphatic heterocycles. The number of hydrogen-bond donors (Lipinski definition) is 1. The lowest BCUT2D eigenvalue weighted by Gasteiger charge is -2.07. The molecule has 3 heterocycles. The number of aryl methyl sites for hydroxylation is 1. The molecule has 0 unspecified atom stereocenters. The normalized spacial score (nSPS) is 10.7. The first kappa shape index (κ1) is 18.5. The van der Waals surface area contributed by atoms with Crippen molar-refractivity contribution >= 4 is 17.2 Å². The van der Waals surface area contributed by atoms with Gasteiger partial charge < -0.3 is 19.2 Å². The minimum atomic E-state index is -0.223. The zero-order valence-electron chi connectivity index (χ0n) is 16.1. The number of ether oxygens (including phenoxy) is 2. The molecule has 7 heteroatoms. The van der Waals surface area contributed by atoms with Crippen LogP contribution in [0.2, 0.25) is 0 Å². The SMILES string of the molecule is COc1ccc(NC(=O)c2ccc(OCc3cn4cc(C)ccc4n3)cc2)cn1. The van der Waals surface area contributed by atoms with Crippen molar-refractivity contribution < 1.29 is 14.3 Å². The second-order valence-corrected chi connectivity index (χ2v) is 6.56. The van der Waals surface area contributed by atoms with Gasteiger partial charge in [0.25, 0.3) is 5.91 Å². The molecule has 0 radical (unpaired) electrons. The lowest BCUT2D eigenvalue weighted by molar-refractivity contribution is 0.102. The molecule has 1 aromatic carbocycles. The number of nitrogens with one attached hydrogen (secondary N) is 1. The smallest absolute Gasteiger partial charge is 0.255 e. The van der Waals surface area contributed by atoms with Gasteiger partial charge in [0.2, 0.25) is 5.88 Å². The summed E-state index contributed by atoms with van der Waals surface area (Å²) in [7, 11) is 1.54. The van der Waals surface area contributed by atoms with E-state index in [9.17, 15) is 4.79 Å². The highest BCUT2D eigenvalue weighted by Crippen LogP contribution is 2.17. The van der Waals surface area contributed by atoms with Crippen LogP contribution in [0.4, 0.5) is 5.69 Å². The number of amides is 1. The first-order valence-corrected chi connectivity index (χ1v) is 9.09. The van der Waals surface area contributed by atoms with E-state index in [1.807, 2.05) is 35.9 Å². The fraction of sp³-hybridized carbons (Fsp3) is 0.136. The monoisotopic (exact) mass is 388 g/mol. The number of rotatable bonds is 6. The number of anilines is 1. The second kappa shape index (κ2) is 8.02. The maximum absolute atomic E-state index is 12.4. The summed E-state index contributed by atoms with van der Waals surface area (Å²) in [4.78, 5) is 21.0. The van der Waals surface area contributed by atoms with E-state index >= 15 is 0 Å². The first-order chi connectivity index (χ1) is 14.1. The van der Waals surface area contributed by atoms with E-state index < -0.39 is 0 Å². The number of fused-ring (bicyclic) bond motifs is 1. The zero-order valence-corrected chi connectivity index (χ0v) is 16.1. The molecule has 0 atom stereocenters. The number of carbonyl (C=O) groups is 1. The summed E-state index contributed by atoms with van der Waals surface area (Å²) in [6, 6.07) is 14.4. The molecule has 7 nitrogen and oxygen atoms in total. The van der Waals surface area contributed by atoms with Gasteiger partial charge in [-0.3, -0.25) is 4.79 Å². The van der Waals surface area contributed by atoms with Crippen molar-refractivity contribution in [3.05, 3.63) is 83.9 Å². The van der Waals surface area contributed by atoms with Gasteiger partial charge in [-0.2, -0.15) is 0 Å². The van der Waals surface area contributed by atoms with Gasteiger partial charge in [-0.25, -0.2) is 9.97 Å². The van der Waals surface area contributed by atoms with Crippen LogP contribution in [0, 0.1) is 6.92 Å². The molecule has 4 rings (SSSR count). The van der Waals surface area contributed by atoms with Gasteiger partial charge >= 0.3 is 0 Å². The van der Waals surface area contributed by atoms with Crippen LogP contribution in [0.15, 0.2) is 67.1 Å². The minimum Gasteiger partial charge on any atom is -0.487 e. The van der Waals surface area contributed by atoms with Crippen LogP contribution in [0.5, 0.6) is 11.6 Å². The molecule has 0 bridgehead atoms. The van der Waals surface area contributed by atoms with Crippen LogP contribution in [0.3, 0.4) is 0 Å². The molecule has 3 aromatic heterocycles. The van der Waals surface area contributed by atoms with Crippen LogP contribution >= 0.6 is 0 Å². The summed E-state index contributed by atoms with van der Waals surface area (Å²) in [5.41, 5.74) is 4.01. The van der Waals surface area contributed by atoms with Crippen LogP contribution in [-0.2, 0) is 6.61 Å². The summed E-state index contributed by atoms with van der Waals surface area (Å²) in [5.74, 6) is 0.936. The Morgan fingerprint density at radius 1 is 1.07 bits per heavy atom. The molecule has 0 saturated carbocycles. The fourth-order valence-electron chi connectivity index (χ4n) is 2.86. The summed E-state index contributed by atoms with van der Waals surface area (Å²) in [6.45, 7) is 2.39. The highest BCUT2D eigenvalue weighted by Gasteiger charge is 2.08. The largest absolute Gasteiger partial charge is 0.487 e. The van der Waals surface area contributed by atoms with E-state index in [0.717, 1.165) is 11.3 Å². The van der Waals surface area contributed by atoms with Crippen molar-refractivity contribution in [3.63, 3.8) is 0 Å². The lowest BCUT2D eigenvalue weighted by atomic mass is 10.2. The molecule has 0 aliphatic carbocycles. The van der Waals surface area contributed by atoms with E-state index in [4.69, 9.17) is 9.47 Å². The van der Waals surface area contributed by atoms with E-state index in [2.05, 4.69) is 15.3 Å². The third-order valence-corrected chi connectivity index (χ3v) is 4.36. The third-order valence-electron chi connectivity index (χ3n) is 4.36. The van der Waals surface area contributed by atoms with Crippen LogP contribution < -0.4 is 14.8 Å². The first-order valence-electron chi connectivity index (χ1n) is 9.09. The minimum absolute atomic E-state index is 0.223. The van der Waals surface area contributed by atoms with Crippen molar-refractivity contribution in [2.75, 3.05) is 12.4 Å². The highest BCUT2D eigenvalue weighted by molar-refractivity contribution is 6.04. The number of hydrogen-bond acceptors (Lipinski definition) is 5. The van der Waals surface area contributed by atoms with E-state index in [-0.39, 0.29) is 5.91 Å². The molecule has 0 saturated heterocycles. The van der Waals surface area contributed by atoms with Gasteiger partial charge in [-0.05, 0) is 48.9 Å². The van der Waals surface area contributed by atoms with E-state index in [1.54, 1.807) is 49.7 Å². The zero-order chi connectivity index (χ0) is 20.2. The van der Waals surface area contributed by atoms with Crippen molar-refractivity contribution in [3.8, 4) is 11.6 Å². The summed E-state index contributed by atoms with van der Waals surface area (Å²) in [5, 5.41) is 2.80. The van der Waals surface area contributed by atoms with Crippen molar-refractivity contribution in [2.45, 2.75) is 13.5 Å². The molecule has 0 aliphatic rings. The quantitative estimate of drug-likeness (QED) is 0.542. The predicted molar refractivity (Wildman–Crippen MR) is 109 cm³/mol. The summed E-state index contributed by atoms with van der Waals surface area (Å²) < 4.78 is 12.8. The Morgan fingerprint density at radius 2 is 1.90 bits per heavy atom. The number of nitrogens with zero attached hydrogens (tertiary/aromatic N) is 3. The van der Waals surface area contributed by atoms with Crippen molar-refractivity contribution in [1.82, 2.24) is 14.4 Å². The molecular weight excluding hydrogens is 368 g/mol. The fourth-order valence-corrected chi connectivity index (χ4v) is 2.86. The Bertz CT molecular complexity index is 1140. The number of methoxy groups -OCH3 is 1. The van der Waals surface area contributed by atoms with E-state index in [0.29, 0.717) is 29.5 Å². The van der Waals surface area contributed by atoms with Crippen molar-refractivity contribution in [1.29, 1.82) is 0 Å². The number of imidazole rings is 1. The number of carbonyl (C=O) groups excluding carboxylic acids is 1. The van der Waals surface area contributed by atoms with Gasteiger partial charge in [0.15, 0.2) is 0 Å². The molecular formula is C22H20N4O3. The lowest BCUT2D eigenvalue weighted by Crippen LogP contribution is -2.12.